The standard InChI is InChI=1S/C24H34F2O3/c1-3-5-6-17-7-9-18(10-8-17)19-11-12-20(28-15-19)16-29-22-14-13-21(27-4-2)23(25)24(22)26/h3,13-14,17-20H,1,4-12,15-16H2,2H3. The molecule has 1 heterocycles. The third kappa shape index (κ3) is 5.94. The van der Waals surface area contributed by atoms with Crippen molar-refractivity contribution in [2.45, 2.75) is 64.4 Å². The van der Waals surface area contributed by atoms with Gasteiger partial charge in [0.1, 0.15) is 6.61 Å². The number of benzene rings is 1. The van der Waals surface area contributed by atoms with E-state index in [0.29, 0.717) is 5.92 Å². The normalized spacial score (nSPS) is 27.4. The summed E-state index contributed by atoms with van der Waals surface area (Å²) in [6.45, 7) is 6.82. The lowest BCUT2D eigenvalue weighted by Gasteiger charge is -2.37. The van der Waals surface area contributed by atoms with Gasteiger partial charge < -0.3 is 14.2 Å². The van der Waals surface area contributed by atoms with Gasteiger partial charge in [-0.05, 0) is 75.3 Å². The number of allylic oxidation sites excluding steroid dienone is 1. The maximum Gasteiger partial charge on any atom is 0.204 e. The van der Waals surface area contributed by atoms with Gasteiger partial charge in [-0.15, -0.1) is 6.58 Å². The molecule has 2 aliphatic rings. The van der Waals surface area contributed by atoms with Gasteiger partial charge in [-0.25, -0.2) is 0 Å². The first kappa shape index (κ1) is 22.1. The van der Waals surface area contributed by atoms with E-state index >= 15 is 0 Å². The van der Waals surface area contributed by atoms with Crippen LogP contribution in [0, 0.1) is 29.4 Å². The van der Waals surface area contributed by atoms with Gasteiger partial charge in [0.2, 0.25) is 11.6 Å². The van der Waals surface area contributed by atoms with Gasteiger partial charge >= 0.3 is 0 Å². The minimum absolute atomic E-state index is 0.0655. The third-order valence-electron chi connectivity index (χ3n) is 6.48. The van der Waals surface area contributed by atoms with E-state index in [1.54, 1.807) is 6.92 Å². The minimum atomic E-state index is -1.00. The van der Waals surface area contributed by atoms with Crippen molar-refractivity contribution >= 4 is 0 Å². The quantitative estimate of drug-likeness (QED) is 0.448. The predicted octanol–water partition coefficient (Wildman–Crippen LogP) is 6.31. The lowest BCUT2D eigenvalue weighted by atomic mass is 9.73. The van der Waals surface area contributed by atoms with E-state index in [9.17, 15) is 8.78 Å². The molecule has 0 amide bonds. The van der Waals surface area contributed by atoms with Crippen molar-refractivity contribution in [1.82, 2.24) is 0 Å². The zero-order valence-corrected chi connectivity index (χ0v) is 17.5. The molecule has 2 fully saturated rings. The molecule has 1 aliphatic heterocycles. The monoisotopic (exact) mass is 408 g/mol. The van der Waals surface area contributed by atoms with Crippen molar-refractivity contribution in [1.29, 1.82) is 0 Å². The third-order valence-corrected chi connectivity index (χ3v) is 6.48. The van der Waals surface area contributed by atoms with Crippen molar-refractivity contribution in [3.8, 4) is 11.5 Å². The highest BCUT2D eigenvalue weighted by molar-refractivity contribution is 5.35. The number of halogens is 2. The molecule has 2 unspecified atom stereocenters. The van der Waals surface area contributed by atoms with Gasteiger partial charge in [-0.2, -0.15) is 8.78 Å². The van der Waals surface area contributed by atoms with Crippen LogP contribution in [0.4, 0.5) is 8.78 Å². The van der Waals surface area contributed by atoms with Crippen LogP contribution in [0.25, 0.3) is 0 Å². The van der Waals surface area contributed by atoms with Crippen molar-refractivity contribution in [2.24, 2.45) is 17.8 Å². The molecule has 5 heteroatoms. The molecule has 1 aliphatic carbocycles. The number of hydrogen-bond acceptors (Lipinski definition) is 3. The average molecular weight is 409 g/mol. The summed E-state index contributed by atoms with van der Waals surface area (Å²) in [4.78, 5) is 0. The first-order valence-electron chi connectivity index (χ1n) is 11.1. The van der Waals surface area contributed by atoms with Crippen LogP contribution < -0.4 is 9.47 Å². The van der Waals surface area contributed by atoms with Crippen LogP contribution in [0.2, 0.25) is 0 Å². The topological polar surface area (TPSA) is 27.7 Å². The fourth-order valence-corrected chi connectivity index (χ4v) is 4.71. The Kier molecular flexibility index (Phi) is 8.34. The van der Waals surface area contributed by atoms with Gasteiger partial charge in [0.25, 0.3) is 0 Å². The zero-order valence-electron chi connectivity index (χ0n) is 17.5. The Bertz CT molecular complexity index is 648. The summed E-state index contributed by atoms with van der Waals surface area (Å²) in [6.07, 6.45) is 11.6. The molecule has 29 heavy (non-hydrogen) atoms. The molecule has 0 bridgehead atoms. The SMILES string of the molecule is C=CCCC1CCC(C2CCC(COc3ccc(OCC)c(F)c3F)OC2)CC1. The maximum atomic E-state index is 14.1. The Balaban J connectivity index is 1.40. The summed E-state index contributed by atoms with van der Waals surface area (Å²) in [6, 6.07) is 2.82. The first-order chi connectivity index (χ1) is 14.1. The number of hydrogen-bond donors (Lipinski definition) is 0. The van der Waals surface area contributed by atoms with Crippen molar-refractivity contribution < 1.29 is 23.0 Å². The molecule has 162 valence electrons. The summed E-state index contributed by atoms with van der Waals surface area (Å²) >= 11 is 0. The Morgan fingerprint density at radius 3 is 2.24 bits per heavy atom. The zero-order chi connectivity index (χ0) is 20.6. The summed E-state index contributed by atoms with van der Waals surface area (Å²) in [7, 11) is 0. The minimum Gasteiger partial charge on any atom is -0.491 e. The second kappa shape index (κ2) is 11.0. The first-order valence-corrected chi connectivity index (χ1v) is 11.1. The molecule has 1 saturated heterocycles. The van der Waals surface area contributed by atoms with Crippen LogP contribution in [0.1, 0.15) is 58.3 Å². The molecular formula is C24H34F2O3. The second-order valence-corrected chi connectivity index (χ2v) is 8.37. The summed E-state index contributed by atoms with van der Waals surface area (Å²) in [5.41, 5.74) is 0. The molecule has 3 rings (SSSR count). The van der Waals surface area contributed by atoms with Gasteiger partial charge in [0.15, 0.2) is 11.5 Å². The van der Waals surface area contributed by atoms with Gasteiger partial charge in [0, 0.05) is 0 Å². The second-order valence-electron chi connectivity index (χ2n) is 8.37. The van der Waals surface area contributed by atoms with E-state index in [1.807, 2.05) is 6.08 Å². The van der Waals surface area contributed by atoms with Crippen molar-refractivity contribution in [3.63, 3.8) is 0 Å². The molecule has 1 aromatic rings. The van der Waals surface area contributed by atoms with E-state index in [1.165, 1.54) is 44.2 Å². The molecule has 0 N–H and O–H groups in total. The molecular weight excluding hydrogens is 374 g/mol. The van der Waals surface area contributed by atoms with E-state index in [0.717, 1.165) is 37.7 Å². The fourth-order valence-electron chi connectivity index (χ4n) is 4.71. The highest BCUT2D eigenvalue weighted by Gasteiger charge is 2.31. The van der Waals surface area contributed by atoms with Crippen LogP contribution in [0.5, 0.6) is 11.5 Å². The Labute approximate surface area is 173 Å². The smallest absolute Gasteiger partial charge is 0.204 e. The molecule has 0 radical (unpaired) electrons. The van der Waals surface area contributed by atoms with Gasteiger partial charge in [-0.1, -0.05) is 18.9 Å². The predicted molar refractivity (Wildman–Crippen MR) is 110 cm³/mol. The molecule has 2 atom stereocenters. The van der Waals surface area contributed by atoms with Crippen LogP contribution >= 0.6 is 0 Å². The summed E-state index contributed by atoms with van der Waals surface area (Å²) in [5.74, 6) is 0.0541. The van der Waals surface area contributed by atoms with E-state index < -0.39 is 11.6 Å². The lowest BCUT2D eigenvalue weighted by Crippen LogP contribution is -2.35. The lowest BCUT2D eigenvalue weighted by molar-refractivity contribution is -0.0564. The molecule has 1 saturated carbocycles. The average Bonchev–Trinajstić information content (AvgIpc) is 2.76. The van der Waals surface area contributed by atoms with Crippen LogP contribution in [-0.2, 0) is 4.74 Å². The molecule has 3 nitrogen and oxygen atoms in total. The van der Waals surface area contributed by atoms with Crippen LogP contribution in [0.3, 0.4) is 0 Å². The highest BCUT2D eigenvalue weighted by atomic mass is 19.2. The Morgan fingerprint density at radius 2 is 1.66 bits per heavy atom. The van der Waals surface area contributed by atoms with E-state index in [4.69, 9.17) is 14.2 Å². The summed E-state index contributed by atoms with van der Waals surface area (Å²) in [5, 5.41) is 0. The van der Waals surface area contributed by atoms with Crippen molar-refractivity contribution in [3.05, 3.63) is 36.4 Å². The van der Waals surface area contributed by atoms with E-state index in [-0.39, 0.29) is 30.8 Å². The summed E-state index contributed by atoms with van der Waals surface area (Å²) < 4.78 is 44.7. The number of ether oxygens (including phenoxy) is 3. The Morgan fingerprint density at radius 1 is 1.00 bits per heavy atom. The number of rotatable bonds is 9. The maximum absolute atomic E-state index is 14.1. The van der Waals surface area contributed by atoms with Crippen molar-refractivity contribution in [2.75, 3.05) is 19.8 Å². The van der Waals surface area contributed by atoms with Gasteiger partial charge in [0.05, 0.1) is 19.3 Å². The van der Waals surface area contributed by atoms with Crippen LogP contribution in [0.15, 0.2) is 24.8 Å². The van der Waals surface area contributed by atoms with E-state index in [2.05, 4.69) is 6.58 Å². The molecule has 0 aromatic heterocycles. The highest BCUT2D eigenvalue weighted by Crippen LogP contribution is 2.39. The molecule has 0 spiro atoms. The van der Waals surface area contributed by atoms with Crippen LogP contribution in [-0.4, -0.2) is 25.9 Å². The molecule has 1 aromatic carbocycles. The van der Waals surface area contributed by atoms with Gasteiger partial charge in [-0.3, -0.25) is 0 Å². The largest absolute Gasteiger partial charge is 0.491 e. The fraction of sp³-hybridized carbons (Fsp3) is 0.667. The Hall–Kier alpha value is -1.62.